The Kier molecular flexibility index (Phi) is 7.92. The van der Waals surface area contributed by atoms with Crippen LogP contribution in [0.4, 0.5) is 11.5 Å². The Morgan fingerprint density at radius 1 is 0.972 bits per heavy atom. The summed E-state index contributed by atoms with van der Waals surface area (Å²) in [6, 6.07) is 7.80. The van der Waals surface area contributed by atoms with E-state index in [-0.39, 0.29) is 0 Å². The van der Waals surface area contributed by atoms with Crippen LogP contribution in [0.15, 0.2) is 43.0 Å². The number of anilines is 2. The molecule has 2 aliphatic rings. The number of piperidine rings is 1. The number of fused-ring (bicyclic) bond motifs is 1. The van der Waals surface area contributed by atoms with E-state index in [1.807, 2.05) is 24.3 Å². The average Bonchev–Trinajstić information content (AvgIpc) is 2.93. The summed E-state index contributed by atoms with van der Waals surface area (Å²) in [7, 11) is 1.68. The van der Waals surface area contributed by atoms with Crippen LogP contribution in [0.25, 0.3) is 10.9 Å². The molecule has 0 amide bonds. The standard InChI is InChI=1S/C26H33N7O2S/c1-34-23-17-21-22(18-24(23)35-16-15-31-9-3-2-4-10-31)28-19-29-25(21)32-11-13-33(14-12-32)26(36)30-20-5-7-27-8-6-20/h5-8,17-19H,2-4,9-16H2,1H3,(H,27,30,36). The summed E-state index contributed by atoms with van der Waals surface area (Å²) in [5, 5.41) is 4.98. The van der Waals surface area contributed by atoms with E-state index in [0.717, 1.165) is 79.1 Å². The third kappa shape index (κ3) is 5.76. The minimum absolute atomic E-state index is 0.634. The van der Waals surface area contributed by atoms with E-state index in [9.17, 15) is 0 Å². The average molecular weight is 508 g/mol. The number of benzene rings is 1. The van der Waals surface area contributed by atoms with Crippen molar-refractivity contribution in [3.05, 3.63) is 43.0 Å². The van der Waals surface area contributed by atoms with Gasteiger partial charge >= 0.3 is 0 Å². The highest BCUT2D eigenvalue weighted by molar-refractivity contribution is 7.80. The molecule has 4 heterocycles. The third-order valence-corrected chi connectivity index (χ3v) is 7.17. The van der Waals surface area contributed by atoms with Gasteiger partial charge in [-0.25, -0.2) is 9.97 Å². The Morgan fingerprint density at radius 3 is 2.50 bits per heavy atom. The number of pyridine rings is 1. The normalized spacial score (nSPS) is 16.7. The van der Waals surface area contributed by atoms with Crippen molar-refractivity contribution in [1.82, 2.24) is 24.8 Å². The van der Waals surface area contributed by atoms with Crippen molar-refractivity contribution in [1.29, 1.82) is 0 Å². The van der Waals surface area contributed by atoms with Gasteiger partial charge in [0.25, 0.3) is 0 Å². The molecule has 0 spiro atoms. The number of aromatic nitrogens is 3. The first-order chi connectivity index (χ1) is 17.7. The molecule has 0 bridgehead atoms. The number of thiocarbonyl (C=S) groups is 1. The van der Waals surface area contributed by atoms with Crippen molar-refractivity contribution in [2.45, 2.75) is 19.3 Å². The van der Waals surface area contributed by atoms with Crippen molar-refractivity contribution < 1.29 is 9.47 Å². The molecule has 0 saturated carbocycles. The Hall–Kier alpha value is -3.24. The minimum atomic E-state index is 0.634. The number of rotatable bonds is 7. The van der Waals surface area contributed by atoms with E-state index in [1.165, 1.54) is 19.3 Å². The molecule has 2 aliphatic heterocycles. The Morgan fingerprint density at radius 2 is 1.75 bits per heavy atom. The number of hydrogen-bond acceptors (Lipinski definition) is 8. The first-order valence-electron chi connectivity index (χ1n) is 12.6. The van der Waals surface area contributed by atoms with Crippen LogP contribution in [-0.2, 0) is 0 Å². The van der Waals surface area contributed by atoms with Gasteiger partial charge in [0.2, 0.25) is 0 Å². The largest absolute Gasteiger partial charge is 0.493 e. The van der Waals surface area contributed by atoms with E-state index in [4.69, 9.17) is 21.7 Å². The van der Waals surface area contributed by atoms with Gasteiger partial charge in [-0.05, 0) is 56.3 Å². The zero-order valence-corrected chi connectivity index (χ0v) is 21.5. The molecular weight excluding hydrogens is 474 g/mol. The van der Waals surface area contributed by atoms with Gasteiger partial charge in [-0.1, -0.05) is 6.42 Å². The van der Waals surface area contributed by atoms with Crippen LogP contribution in [0.2, 0.25) is 0 Å². The maximum Gasteiger partial charge on any atom is 0.173 e. The number of nitrogens with one attached hydrogen (secondary N) is 1. The highest BCUT2D eigenvalue weighted by Gasteiger charge is 2.23. The summed E-state index contributed by atoms with van der Waals surface area (Å²) >= 11 is 5.63. The lowest BCUT2D eigenvalue weighted by Gasteiger charge is -2.37. The van der Waals surface area contributed by atoms with Crippen molar-refractivity contribution >= 4 is 39.7 Å². The lowest BCUT2D eigenvalue weighted by Crippen LogP contribution is -2.50. The zero-order chi connectivity index (χ0) is 24.7. The molecule has 10 heteroatoms. The second-order valence-electron chi connectivity index (χ2n) is 9.11. The summed E-state index contributed by atoms with van der Waals surface area (Å²) < 4.78 is 11.8. The summed E-state index contributed by atoms with van der Waals surface area (Å²) in [5.74, 6) is 2.34. The molecule has 2 fully saturated rings. The van der Waals surface area contributed by atoms with Gasteiger partial charge in [0.15, 0.2) is 16.6 Å². The summed E-state index contributed by atoms with van der Waals surface area (Å²) in [4.78, 5) is 20.2. The second kappa shape index (κ2) is 11.7. The van der Waals surface area contributed by atoms with Crippen LogP contribution >= 0.6 is 12.2 Å². The van der Waals surface area contributed by atoms with E-state index in [1.54, 1.807) is 25.8 Å². The van der Waals surface area contributed by atoms with Gasteiger partial charge in [0.1, 0.15) is 18.8 Å². The van der Waals surface area contributed by atoms with Crippen LogP contribution in [-0.4, -0.2) is 89.4 Å². The minimum Gasteiger partial charge on any atom is -0.493 e. The zero-order valence-electron chi connectivity index (χ0n) is 20.7. The van der Waals surface area contributed by atoms with Gasteiger partial charge < -0.3 is 24.6 Å². The lowest BCUT2D eigenvalue weighted by molar-refractivity contribution is 0.181. The molecule has 2 aromatic heterocycles. The SMILES string of the molecule is COc1cc2c(N3CCN(C(=S)Nc4ccncc4)CC3)ncnc2cc1OCCN1CCCCC1. The Balaban J connectivity index is 1.24. The van der Waals surface area contributed by atoms with Crippen LogP contribution in [0.5, 0.6) is 11.5 Å². The van der Waals surface area contributed by atoms with E-state index < -0.39 is 0 Å². The molecular formula is C26H33N7O2S. The molecule has 36 heavy (non-hydrogen) atoms. The maximum absolute atomic E-state index is 6.14. The Bertz CT molecular complexity index is 1170. The number of hydrogen-bond donors (Lipinski definition) is 1. The molecule has 3 aromatic rings. The fourth-order valence-electron chi connectivity index (χ4n) is 4.80. The fraction of sp³-hybridized carbons (Fsp3) is 0.462. The van der Waals surface area contributed by atoms with Crippen LogP contribution in [0.3, 0.4) is 0 Å². The molecule has 2 saturated heterocycles. The highest BCUT2D eigenvalue weighted by Crippen LogP contribution is 2.35. The van der Waals surface area contributed by atoms with Crippen LogP contribution in [0.1, 0.15) is 19.3 Å². The van der Waals surface area contributed by atoms with Crippen molar-refractivity contribution in [3.8, 4) is 11.5 Å². The first kappa shape index (κ1) is 24.5. The second-order valence-corrected chi connectivity index (χ2v) is 9.50. The van der Waals surface area contributed by atoms with Gasteiger partial charge in [0, 0.05) is 62.3 Å². The molecule has 0 radical (unpaired) electrons. The maximum atomic E-state index is 6.14. The first-order valence-corrected chi connectivity index (χ1v) is 13.0. The summed E-state index contributed by atoms with van der Waals surface area (Å²) in [5.41, 5.74) is 1.80. The molecule has 9 nitrogen and oxygen atoms in total. The monoisotopic (exact) mass is 507 g/mol. The smallest absolute Gasteiger partial charge is 0.173 e. The molecule has 0 aliphatic carbocycles. The van der Waals surface area contributed by atoms with E-state index >= 15 is 0 Å². The Labute approximate surface area is 217 Å². The molecule has 5 rings (SSSR count). The third-order valence-electron chi connectivity index (χ3n) is 6.81. The number of piperazine rings is 1. The quantitative estimate of drug-likeness (QED) is 0.481. The van der Waals surface area contributed by atoms with Crippen molar-refractivity contribution in [3.63, 3.8) is 0 Å². The van der Waals surface area contributed by atoms with Crippen molar-refractivity contribution in [2.75, 3.05) is 69.7 Å². The molecule has 0 atom stereocenters. The molecule has 0 unspecified atom stereocenters. The highest BCUT2D eigenvalue weighted by atomic mass is 32.1. The molecule has 190 valence electrons. The molecule has 1 aromatic carbocycles. The predicted octanol–water partition coefficient (Wildman–Crippen LogP) is 3.42. The van der Waals surface area contributed by atoms with E-state index in [0.29, 0.717) is 12.4 Å². The summed E-state index contributed by atoms with van der Waals surface area (Å²) in [6.45, 7) is 7.10. The van der Waals surface area contributed by atoms with Gasteiger partial charge in [-0.15, -0.1) is 0 Å². The van der Waals surface area contributed by atoms with Gasteiger partial charge in [-0.2, -0.15) is 0 Å². The van der Waals surface area contributed by atoms with Crippen molar-refractivity contribution in [2.24, 2.45) is 0 Å². The number of likely N-dealkylation sites (tertiary alicyclic amines) is 1. The van der Waals surface area contributed by atoms with E-state index in [2.05, 4.69) is 35.0 Å². The summed E-state index contributed by atoms with van der Waals surface area (Å²) in [6.07, 6.45) is 9.03. The fourth-order valence-corrected chi connectivity index (χ4v) is 5.10. The van der Waals surface area contributed by atoms with Crippen LogP contribution in [0, 0.1) is 0 Å². The lowest BCUT2D eigenvalue weighted by atomic mass is 10.1. The topological polar surface area (TPSA) is 78.9 Å². The van der Waals surface area contributed by atoms with Gasteiger partial charge in [-0.3, -0.25) is 9.88 Å². The molecule has 1 N–H and O–H groups in total. The number of methoxy groups -OCH3 is 1. The van der Waals surface area contributed by atoms with Gasteiger partial charge in [0.05, 0.1) is 12.6 Å². The van der Waals surface area contributed by atoms with Crippen LogP contribution < -0.4 is 19.7 Å². The number of ether oxygens (including phenoxy) is 2. The predicted molar refractivity (Wildman–Crippen MR) is 146 cm³/mol. The number of nitrogens with zero attached hydrogens (tertiary/aromatic N) is 6.